The Morgan fingerprint density at radius 1 is 1.09 bits per heavy atom. The summed E-state index contributed by atoms with van der Waals surface area (Å²) >= 11 is 0. The lowest BCUT2D eigenvalue weighted by atomic mass is 9.89. The molecule has 0 radical (unpaired) electrons. The van der Waals surface area contributed by atoms with Crippen molar-refractivity contribution in [3.05, 3.63) is 29.6 Å². The average Bonchev–Trinajstić information content (AvgIpc) is 2.52. The molecule has 1 saturated carbocycles. The van der Waals surface area contributed by atoms with E-state index >= 15 is 0 Å². The summed E-state index contributed by atoms with van der Waals surface area (Å²) in [7, 11) is 0. The summed E-state index contributed by atoms with van der Waals surface area (Å²) in [5.41, 5.74) is 3.37. The van der Waals surface area contributed by atoms with Crippen molar-refractivity contribution in [3.8, 4) is 0 Å². The second-order valence-electron chi connectivity index (χ2n) is 5.21. The van der Waals surface area contributed by atoms with Gasteiger partial charge in [-0.15, -0.1) is 0 Å². The monoisotopic (exact) mass is 315 g/mol. The first-order valence-corrected chi connectivity index (χ1v) is 7.01. The number of hydrogen-bond donors (Lipinski definition) is 2. The molecule has 1 aliphatic carbocycles. The third-order valence-electron chi connectivity index (χ3n) is 3.59. The number of hydrogen-bond acceptors (Lipinski definition) is 3. The Balaban J connectivity index is 1.88. The van der Waals surface area contributed by atoms with Gasteiger partial charge in [0.05, 0.1) is 5.56 Å². The smallest absolute Gasteiger partial charge is 0.273 e. The van der Waals surface area contributed by atoms with Crippen LogP contribution in [0.1, 0.15) is 48.2 Å². The first-order chi connectivity index (χ1) is 10.4. The summed E-state index contributed by atoms with van der Waals surface area (Å²) in [5, 5.41) is 0. The van der Waals surface area contributed by atoms with Crippen molar-refractivity contribution in [2.24, 2.45) is 5.92 Å². The van der Waals surface area contributed by atoms with Crippen LogP contribution in [0.15, 0.2) is 18.3 Å². The number of hydrazine groups is 1. The van der Waals surface area contributed by atoms with Gasteiger partial charge in [-0.1, -0.05) is 19.3 Å². The van der Waals surface area contributed by atoms with Crippen LogP contribution in [0.25, 0.3) is 0 Å². The first kappa shape index (κ1) is 16.3. The number of carbonyl (C=O) groups is 2. The number of alkyl halides is 3. The minimum atomic E-state index is -4.55. The molecule has 5 nitrogen and oxygen atoms in total. The summed E-state index contributed by atoms with van der Waals surface area (Å²) in [6.07, 6.45) is 0.902. The molecule has 0 aliphatic heterocycles. The van der Waals surface area contributed by atoms with Crippen molar-refractivity contribution in [3.63, 3.8) is 0 Å². The van der Waals surface area contributed by atoms with Gasteiger partial charge in [0, 0.05) is 12.1 Å². The van der Waals surface area contributed by atoms with Gasteiger partial charge in [-0.25, -0.2) is 0 Å². The maximum Gasteiger partial charge on any atom is 0.433 e. The molecular weight excluding hydrogens is 299 g/mol. The molecular formula is C14H16F3N3O2. The Morgan fingerprint density at radius 3 is 2.32 bits per heavy atom. The van der Waals surface area contributed by atoms with Gasteiger partial charge in [-0.2, -0.15) is 13.2 Å². The van der Waals surface area contributed by atoms with Crippen LogP contribution in [-0.2, 0) is 11.0 Å². The number of pyridine rings is 1. The fraction of sp³-hybridized carbons (Fsp3) is 0.500. The molecule has 1 aromatic heterocycles. The van der Waals surface area contributed by atoms with Gasteiger partial charge in [0.1, 0.15) is 5.69 Å². The number of carbonyl (C=O) groups excluding carboxylic acids is 2. The number of nitrogens with zero attached hydrogens (tertiary/aromatic N) is 1. The predicted octanol–water partition coefficient (Wildman–Crippen LogP) is 2.44. The van der Waals surface area contributed by atoms with Crippen LogP contribution in [0.2, 0.25) is 0 Å². The van der Waals surface area contributed by atoms with Crippen molar-refractivity contribution >= 4 is 11.8 Å². The Bertz CT molecular complexity index is 537. The van der Waals surface area contributed by atoms with Gasteiger partial charge in [0.15, 0.2) is 0 Å². The van der Waals surface area contributed by atoms with Crippen LogP contribution in [0.3, 0.4) is 0 Å². The number of halogens is 3. The SMILES string of the molecule is O=C(NNC(=O)C1CCCCC1)c1ccc(C(F)(F)F)nc1. The van der Waals surface area contributed by atoms with Crippen LogP contribution < -0.4 is 10.9 Å². The molecule has 0 spiro atoms. The molecule has 1 aromatic rings. The van der Waals surface area contributed by atoms with Gasteiger partial charge in [0.25, 0.3) is 5.91 Å². The number of aromatic nitrogens is 1. The predicted molar refractivity (Wildman–Crippen MR) is 71.4 cm³/mol. The van der Waals surface area contributed by atoms with E-state index in [9.17, 15) is 22.8 Å². The molecule has 0 aromatic carbocycles. The molecule has 1 heterocycles. The van der Waals surface area contributed by atoms with E-state index in [-0.39, 0.29) is 17.4 Å². The Labute approximate surface area is 125 Å². The van der Waals surface area contributed by atoms with E-state index in [0.29, 0.717) is 0 Å². The summed E-state index contributed by atoms with van der Waals surface area (Å²) < 4.78 is 37.1. The average molecular weight is 315 g/mol. The fourth-order valence-corrected chi connectivity index (χ4v) is 2.35. The Kier molecular flexibility index (Phi) is 4.99. The Morgan fingerprint density at radius 2 is 1.77 bits per heavy atom. The highest BCUT2D eigenvalue weighted by Crippen LogP contribution is 2.27. The minimum absolute atomic E-state index is 0.0584. The van der Waals surface area contributed by atoms with E-state index in [4.69, 9.17) is 0 Å². The third kappa shape index (κ3) is 4.19. The number of amides is 2. The fourth-order valence-electron chi connectivity index (χ4n) is 2.35. The van der Waals surface area contributed by atoms with Crippen molar-refractivity contribution in [2.75, 3.05) is 0 Å². The molecule has 8 heteroatoms. The van der Waals surface area contributed by atoms with Gasteiger partial charge in [-0.05, 0) is 25.0 Å². The van der Waals surface area contributed by atoms with Gasteiger partial charge in [0.2, 0.25) is 5.91 Å². The van der Waals surface area contributed by atoms with Crippen LogP contribution in [-0.4, -0.2) is 16.8 Å². The van der Waals surface area contributed by atoms with Crippen LogP contribution >= 0.6 is 0 Å². The lowest BCUT2D eigenvalue weighted by Crippen LogP contribution is -2.45. The summed E-state index contributed by atoms with van der Waals surface area (Å²) in [6, 6.07) is 1.73. The van der Waals surface area contributed by atoms with E-state index < -0.39 is 17.8 Å². The molecule has 1 aliphatic rings. The second-order valence-corrected chi connectivity index (χ2v) is 5.21. The third-order valence-corrected chi connectivity index (χ3v) is 3.59. The molecule has 0 saturated heterocycles. The highest BCUT2D eigenvalue weighted by molar-refractivity contribution is 5.95. The summed E-state index contributed by atoms with van der Waals surface area (Å²) in [5.74, 6) is -1.10. The zero-order valence-corrected chi connectivity index (χ0v) is 11.7. The van der Waals surface area contributed by atoms with Crippen LogP contribution in [0.4, 0.5) is 13.2 Å². The van der Waals surface area contributed by atoms with Crippen LogP contribution in [0, 0.1) is 5.92 Å². The van der Waals surface area contributed by atoms with E-state index in [1.165, 1.54) is 0 Å². The van der Waals surface area contributed by atoms with Crippen molar-refractivity contribution in [1.29, 1.82) is 0 Å². The maximum absolute atomic E-state index is 12.4. The molecule has 22 heavy (non-hydrogen) atoms. The van der Waals surface area contributed by atoms with Gasteiger partial charge in [-0.3, -0.25) is 25.4 Å². The largest absolute Gasteiger partial charge is 0.433 e. The van der Waals surface area contributed by atoms with E-state index in [2.05, 4.69) is 15.8 Å². The lowest BCUT2D eigenvalue weighted by Gasteiger charge is -2.20. The molecule has 2 amide bonds. The van der Waals surface area contributed by atoms with Gasteiger partial charge >= 0.3 is 6.18 Å². The molecule has 0 unspecified atom stereocenters. The molecule has 2 rings (SSSR count). The van der Waals surface area contributed by atoms with E-state index in [1.807, 2.05) is 0 Å². The van der Waals surface area contributed by atoms with E-state index in [0.717, 1.165) is 50.4 Å². The summed E-state index contributed by atoms with van der Waals surface area (Å²) in [6.45, 7) is 0. The van der Waals surface area contributed by atoms with Crippen LogP contribution in [0.5, 0.6) is 0 Å². The topological polar surface area (TPSA) is 71.1 Å². The van der Waals surface area contributed by atoms with Crippen molar-refractivity contribution < 1.29 is 22.8 Å². The normalized spacial score (nSPS) is 16.1. The number of rotatable bonds is 2. The number of nitrogens with one attached hydrogen (secondary N) is 2. The molecule has 0 bridgehead atoms. The highest BCUT2D eigenvalue weighted by atomic mass is 19.4. The quantitative estimate of drug-likeness (QED) is 0.824. The Hall–Kier alpha value is -2.12. The standard InChI is InChI=1S/C14H16F3N3O2/c15-14(16,17)11-7-6-10(8-18-11)13(22)20-19-12(21)9-4-2-1-3-5-9/h6-9H,1-5H2,(H,19,21)(H,20,22). The zero-order valence-electron chi connectivity index (χ0n) is 11.7. The second kappa shape index (κ2) is 6.76. The van der Waals surface area contributed by atoms with Gasteiger partial charge < -0.3 is 0 Å². The first-order valence-electron chi connectivity index (χ1n) is 7.01. The molecule has 120 valence electrons. The lowest BCUT2D eigenvalue weighted by molar-refractivity contribution is -0.141. The van der Waals surface area contributed by atoms with E-state index in [1.54, 1.807) is 0 Å². The molecule has 2 N–H and O–H groups in total. The molecule has 1 fully saturated rings. The maximum atomic E-state index is 12.4. The minimum Gasteiger partial charge on any atom is -0.273 e. The zero-order chi connectivity index (χ0) is 16.2. The van der Waals surface area contributed by atoms with Crippen molar-refractivity contribution in [2.45, 2.75) is 38.3 Å². The highest BCUT2D eigenvalue weighted by Gasteiger charge is 2.32. The molecule has 0 atom stereocenters. The van der Waals surface area contributed by atoms with Crippen molar-refractivity contribution in [1.82, 2.24) is 15.8 Å². The summed E-state index contributed by atoms with van der Waals surface area (Å²) in [4.78, 5) is 26.8.